The fourth-order valence-electron chi connectivity index (χ4n) is 2.64. The zero-order chi connectivity index (χ0) is 16.3. The number of rotatable bonds is 4. The van der Waals surface area contributed by atoms with Crippen LogP contribution < -0.4 is 10.5 Å². The minimum absolute atomic E-state index is 0.150. The topological polar surface area (TPSA) is 64.5 Å². The second kappa shape index (κ2) is 6.43. The van der Waals surface area contributed by atoms with Gasteiger partial charge in [0.25, 0.3) is 0 Å². The summed E-state index contributed by atoms with van der Waals surface area (Å²) >= 11 is 0. The molecule has 2 aromatic rings. The summed E-state index contributed by atoms with van der Waals surface area (Å²) in [6, 6.07) is 10.6. The van der Waals surface area contributed by atoms with Crippen molar-refractivity contribution in [2.75, 3.05) is 5.43 Å². The molecule has 0 saturated carbocycles. The Kier molecular flexibility index (Phi) is 4.61. The minimum Gasteiger partial charge on any atom is -0.545 e. The summed E-state index contributed by atoms with van der Waals surface area (Å²) in [6.07, 6.45) is 0. The van der Waals surface area contributed by atoms with E-state index in [9.17, 15) is 9.90 Å². The van der Waals surface area contributed by atoms with E-state index in [0.29, 0.717) is 0 Å². The van der Waals surface area contributed by atoms with Crippen molar-refractivity contribution < 1.29 is 9.90 Å². The van der Waals surface area contributed by atoms with Gasteiger partial charge in [0, 0.05) is 5.56 Å². The van der Waals surface area contributed by atoms with E-state index < -0.39 is 5.97 Å². The van der Waals surface area contributed by atoms with Gasteiger partial charge in [-0.2, -0.15) is 5.10 Å². The van der Waals surface area contributed by atoms with Crippen LogP contribution in [-0.4, -0.2) is 11.7 Å². The molecule has 0 unspecified atom stereocenters. The number of carboxylic acid groups (broad SMARTS) is 1. The molecule has 22 heavy (non-hydrogen) atoms. The van der Waals surface area contributed by atoms with Crippen LogP contribution in [0.15, 0.2) is 41.5 Å². The first-order chi connectivity index (χ1) is 10.4. The SMILES string of the molecule is C/C(=N/Nc1ccc(C(=O)[O-])cc1)c1c(C)cc(C)cc1C. The summed E-state index contributed by atoms with van der Waals surface area (Å²) in [5, 5.41) is 15.1. The molecule has 0 fully saturated rings. The molecule has 0 radical (unpaired) electrons. The number of anilines is 1. The summed E-state index contributed by atoms with van der Waals surface area (Å²) in [5.74, 6) is -1.18. The summed E-state index contributed by atoms with van der Waals surface area (Å²) in [7, 11) is 0. The third-order valence-corrected chi connectivity index (χ3v) is 3.51. The first kappa shape index (κ1) is 15.8. The lowest BCUT2D eigenvalue weighted by atomic mass is 9.97. The Bertz CT molecular complexity index is 708. The Morgan fingerprint density at radius 3 is 2.09 bits per heavy atom. The molecule has 2 rings (SSSR count). The van der Waals surface area contributed by atoms with Crippen LogP contribution in [0.5, 0.6) is 0 Å². The largest absolute Gasteiger partial charge is 0.545 e. The summed E-state index contributed by atoms with van der Waals surface area (Å²) in [6.45, 7) is 8.17. The highest BCUT2D eigenvalue weighted by Crippen LogP contribution is 2.18. The molecule has 4 heteroatoms. The Labute approximate surface area is 130 Å². The normalized spacial score (nSPS) is 11.4. The lowest BCUT2D eigenvalue weighted by molar-refractivity contribution is -0.255. The van der Waals surface area contributed by atoms with E-state index in [1.54, 1.807) is 12.1 Å². The maximum Gasteiger partial charge on any atom is 0.0715 e. The molecule has 0 aliphatic rings. The quantitative estimate of drug-likeness (QED) is 0.697. The summed E-state index contributed by atoms with van der Waals surface area (Å²) in [4.78, 5) is 10.7. The van der Waals surface area contributed by atoms with E-state index >= 15 is 0 Å². The molecule has 114 valence electrons. The molecular weight excluding hydrogens is 276 g/mol. The molecule has 0 aliphatic heterocycles. The molecule has 1 N–H and O–H groups in total. The Hall–Kier alpha value is -2.62. The van der Waals surface area contributed by atoms with E-state index in [1.807, 2.05) is 6.92 Å². The standard InChI is InChI=1S/C18H20N2O2/c1-11-9-12(2)17(13(3)10-11)14(4)19-20-16-7-5-15(6-8-16)18(21)22/h5-10,20H,1-4H3,(H,21,22)/p-1/b19-14-. The third-order valence-electron chi connectivity index (χ3n) is 3.51. The van der Waals surface area contributed by atoms with Crippen LogP contribution in [0.25, 0.3) is 0 Å². The van der Waals surface area contributed by atoms with Crippen LogP contribution in [-0.2, 0) is 0 Å². The van der Waals surface area contributed by atoms with E-state index in [4.69, 9.17) is 0 Å². The molecule has 0 bridgehead atoms. The van der Waals surface area contributed by atoms with Gasteiger partial charge in [-0.1, -0.05) is 29.8 Å². The van der Waals surface area contributed by atoms with Crippen LogP contribution in [0, 0.1) is 20.8 Å². The number of carboxylic acids is 1. The van der Waals surface area contributed by atoms with Crippen molar-refractivity contribution in [2.24, 2.45) is 5.10 Å². The average Bonchev–Trinajstić information content (AvgIpc) is 2.44. The monoisotopic (exact) mass is 295 g/mol. The number of carbonyl (C=O) groups excluding carboxylic acids is 1. The molecular formula is C18H19N2O2-. The van der Waals surface area contributed by atoms with Gasteiger partial charge in [0.1, 0.15) is 0 Å². The van der Waals surface area contributed by atoms with Gasteiger partial charge >= 0.3 is 0 Å². The van der Waals surface area contributed by atoms with Gasteiger partial charge in [0.05, 0.1) is 17.4 Å². The van der Waals surface area contributed by atoms with Gasteiger partial charge in [-0.15, -0.1) is 0 Å². The van der Waals surface area contributed by atoms with Gasteiger partial charge in [0.2, 0.25) is 0 Å². The van der Waals surface area contributed by atoms with Crippen LogP contribution in [0.3, 0.4) is 0 Å². The number of aryl methyl sites for hydroxylation is 3. The zero-order valence-corrected chi connectivity index (χ0v) is 13.2. The van der Waals surface area contributed by atoms with Gasteiger partial charge in [-0.25, -0.2) is 0 Å². The zero-order valence-electron chi connectivity index (χ0n) is 13.2. The smallest absolute Gasteiger partial charge is 0.0715 e. The van der Waals surface area contributed by atoms with E-state index in [2.05, 4.69) is 43.4 Å². The second-order valence-corrected chi connectivity index (χ2v) is 5.45. The number of hydrazone groups is 1. The highest BCUT2D eigenvalue weighted by molar-refractivity contribution is 6.01. The highest BCUT2D eigenvalue weighted by Gasteiger charge is 2.07. The van der Waals surface area contributed by atoms with E-state index in [-0.39, 0.29) is 5.56 Å². The van der Waals surface area contributed by atoms with Crippen molar-refractivity contribution in [1.29, 1.82) is 0 Å². The summed E-state index contributed by atoms with van der Waals surface area (Å²) in [5.41, 5.74) is 9.46. The highest BCUT2D eigenvalue weighted by atomic mass is 16.4. The van der Waals surface area contributed by atoms with Crippen molar-refractivity contribution in [1.82, 2.24) is 0 Å². The van der Waals surface area contributed by atoms with Crippen LogP contribution in [0.4, 0.5) is 5.69 Å². The Morgan fingerprint density at radius 2 is 1.59 bits per heavy atom. The average molecular weight is 295 g/mol. The predicted molar refractivity (Wildman–Crippen MR) is 87.3 cm³/mol. The van der Waals surface area contributed by atoms with Gasteiger partial charge in [-0.3, -0.25) is 5.43 Å². The molecule has 0 saturated heterocycles. The number of hydrogen-bond donors (Lipinski definition) is 1. The van der Waals surface area contributed by atoms with Crippen molar-refractivity contribution in [2.45, 2.75) is 27.7 Å². The van der Waals surface area contributed by atoms with Gasteiger partial charge in [0.15, 0.2) is 0 Å². The number of carbonyl (C=O) groups is 1. The fraction of sp³-hybridized carbons (Fsp3) is 0.222. The third kappa shape index (κ3) is 3.52. The van der Waals surface area contributed by atoms with Gasteiger partial charge < -0.3 is 9.90 Å². The molecule has 0 spiro atoms. The number of nitrogens with zero attached hydrogens (tertiary/aromatic N) is 1. The summed E-state index contributed by atoms with van der Waals surface area (Å²) < 4.78 is 0. The van der Waals surface area contributed by atoms with Gasteiger partial charge in [-0.05, 0) is 56.5 Å². The molecule has 0 heterocycles. The van der Waals surface area contributed by atoms with Crippen LogP contribution in [0.1, 0.15) is 39.5 Å². The minimum atomic E-state index is -1.18. The first-order valence-corrected chi connectivity index (χ1v) is 7.08. The first-order valence-electron chi connectivity index (χ1n) is 7.08. The number of benzene rings is 2. The van der Waals surface area contributed by atoms with E-state index in [1.165, 1.54) is 28.8 Å². The van der Waals surface area contributed by atoms with E-state index in [0.717, 1.165) is 17.0 Å². The fourth-order valence-corrected chi connectivity index (χ4v) is 2.64. The predicted octanol–water partition coefficient (Wildman–Crippen LogP) is 2.81. The molecule has 0 aromatic heterocycles. The van der Waals surface area contributed by atoms with Crippen molar-refractivity contribution in [3.63, 3.8) is 0 Å². The van der Waals surface area contributed by atoms with Crippen molar-refractivity contribution in [3.05, 3.63) is 64.2 Å². The van der Waals surface area contributed by atoms with Crippen LogP contribution in [0.2, 0.25) is 0 Å². The van der Waals surface area contributed by atoms with Crippen molar-refractivity contribution >= 4 is 17.4 Å². The number of aromatic carboxylic acids is 1. The Balaban J connectivity index is 2.21. The maximum absolute atomic E-state index is 10.7. The molecule has 0 amide bonds. The molecule has 0 aliphatic carbocycles. The van der Waals surface area contributed by atoms with Crippen molar-refractivity contribution in [3.8, 4) is 0 Å². The number of nitrogens with one attached hydrogen (secondary N) is 1. The second-order valence-electron chi connectivity index (χ2n) is 5.45. The molecule has 2 aromatic carbocycles. The molecule has 4 nitrogen and oxygen atoms in total. The maximum atomic E-state index is 10.7. The molecule has 0 atom stereocenters. The lowest BCUT2D eigenvalue weighted by Gasteiger charge is -2.11. The number of hydrogen-bond acceptors (Lipinski definition) is 4. The lowest BCUT2D eigenvalue weighted by Crippen LogP contribution is -2.21. The Morgan fingerprint density at radius 1 is 1.05 bits per heavy atom. The van der Waals surface area contributed by atoms with Crippen LogP contribution >= 0.6 is 0 Å².